The topological polar surface area (TPSA) is 131 Å². The number of nitrogens with zero attached hydrogens (tertiary/aromatic N) is 4. The summed E-state index contributed by atoms with van der Waals surface area (Å²) in [5.74, 6) is 1.55. The van der Waals surface area contributed by atoms with E-state index in [4.69, 9.17) is 30.9 Å². The molecule has 0 aliphatic rings. The van der Waals surface area contributed by atoms with Gasteiger partial charge in [0.05, 0.1) is 17.4 Å². The minimum atomic E-state index is -1.91. The van der Waals surface area contributed by atoms with E-state index < -0.39 is 8.32 Å². The molecule has 1 atom stereocenters. The molecule has 2 heterocycles. The molecule has 43 heavy (non-hydrogen) atoms. The number of ether oxygens (including phenoxy) is 1. The summed E-state index contributed by atoms with van der Waals surface area (Å²) in [6, 6.07) is 18.8. The summed E-state index contributed by atoms with van der Waals surface area (Å²) in [4.78, 5) is 8.93. The number of nitrogen functional groups attached to an aromatic ring is 1. The smallest absolute Gasteiger partial charge is 0.226 e. The van der Waals surface area contributed by atoms with E-state index in [0.717, 1.165) is 5.56 Å². The molecule has 0 fully saturated rings. The molecular weight excluding hydrogens is 598 g/mol. The summed E-state index contributed by atoms with van der Waals surface area (Å²) >= 11 is 7.28. The van der Waals surface area contributed by atoms with Crippen LogP contribution >= 0.6 is 23.4 Å². The summed E-state index contributed by atoms with van der Waals surface area (Å²) in [5, 5.41) is 21.2. The molecule has 2 aromatic carbocycles. The third-order valence-corrected chi connectivity index (χ3v) is 13.2. The van der Waals surface area contributed by atoms with Crippen LogP contribution in [0.1, 0.15) is 44.5 Å². The van der Waals surface area contributed by atoms with Gasteiger partial charge in [-0.3, -0.25) is 0 Å². The minimum absolute atomic E-state index is 0.0536. The van der Waals surface area contributed by atoms with E-state index in [9.17, 15) is 10.5 Å². The third kappa shape index (κ3) is 7.59. The number of thioether (sulfide) groups is 1. The molecule has 0 spiro atoms. The molecule has 0 unspecified atom stereocenters. The van der Waals surface area contributed by atoms with Gasteiger partial charge >= 0.3 is 0 Å². The Kier molecular flexibility index (Phi) is 9.88. The van der Waals surface area contributed by atoms with Crippen molar-refractivity contribution in [1.82, 2.24) is 9.97 Å². The van der Waals surface area contributed by atoms with Crippen LogP contribution in [0.5, 0.6) is 5.75 Å². The first-order chi connectivity index (χ1) is 20.3. The lowest BCUT2D eigenvalue weighted by Crippen LogP contribution is -2.44. The highest BCUT2D eigenvalue weighted by Gasteiger charge is 2.38. The second-order valence-corrected chi connectivity index (χ2v) is 17.8. The van der Waals surface area contributed by atoms with Gasteiger partial charge in [-0.05, 0) is 67.0 Å². The molecule has 2 aromatic heterocycles. The molecule has 0 saturated heterocycles. The van der Waals surface area contributed by atoms with Gasteiger partial charge in [0.15, 0.2) is 8.32 Å². The van der Waals surface area contributed by atoms with Crippen molar-refractivity contribution >= 4 is 37.5 Å². The lowest BCUT2D eigenvalue weighted by atomic mass is 9.97. The molecule has 0 bridgehead atoms. The second kappa shape index (κ2) is 13.2. The highest BCUT2D eigenvalue weighted by molar-refractivity contribution is 7.98. The maximum atomic E-state index is 10.2. The van der Waals surface area contributed by atoms with Crippen LogP contribution in [0.4, 0.5) is 5.82 Å². The zero-order chi connectivity index (χ0) is 31.4. The van der Waals surface area contributed by atoms with E-state index >= 15 is 0 Å². The summed E-state index contributed by atoms with van der Waals surface area (Å²) < 4.78 is 18.0. The summed E-state index contributed by atoms with van der Waals surface area (Å²) in [7, 11) is -1.91. The molecule has 0 amide bonds. The summed E-state index contributed by atoms with van der Waals surface area (Å²) in [6.45, 7) is 13.5. The molecule has 0 radical (unpaired) electrons. The molecule has 4 aromatic rings. The average molecular weight is 632 g/mol. The number of hydrogen-bond acceptors (Lipinski definition) is 9. The van der Waals surface area contributed by atoms with Gasteiger partial charge in [-0.1, -0.05) is 56.3 Å². The van der Waals surface area contributed by atoms with Gasteiger partial charge in [-0.2, -0.15) is 10.5 Å². The van der Waals surface area contributed by atoms with E-state index in [-0.39, 0.29) is 28.1 Å². The molecule has 2 N–H and O–H groups in total. The first kappa shape index (κ1) is 32.1. The number of nitriles is 2. The van der Waals surface area contributed by atoms with Crippen molar-refractivity contribution < 1.29 is 13.6 Å². The van der Waals surface area contributed by atoms with E-state index in [1.807, 2.05) is 43.3 Å². The van der Waals surface area contributed by atoms with E-state index in [1.54, 1.807) is 18.4 Å². The molecule has 222 valence electrons. The summed E-state index contributed by atoms with van der Waals surface area (Å²) in [6.07, 6.45) is 1.50. The SMILES string of the molecule is C[C@@H](COc1ccc(-c2c(C#N)c(N)nc(SCc3coc(-c4ccc(Cl)cc4)n3)c2C#N)cc1)O[Si](C)(C)C(C)(C)C. The fourth-order valence-electron chi connectivity index (χ4n) is 4.08. The van der Waals surface area contributed by atoms with Gasteiger partial charge in [-0.25, -0.2) is 9.97 Å². The van der Waals surface area contributed by atoms with Crippen molar-refractivity contribution in [2.24, 2.45) is 0 Å². The fourth-order valence-corrected chi connectivity index (χ4v) is 6.50. The predicted octanol–water partition coefficient (Wildman–Crippen LogP) is 8.46. The standard InChI is InChI=1S/C32H34ClN5O3SSi/c1-20(41-43(5,6)32(2,3)4)17-39-25-13-9-21(10-14-25)28-26(15-34)29(36)38-31(27(28)16-35)42-19-24-18-40-30(37-24)22-7-11-23(33)12-8-22/h7-14,18,20H,17,19H2,1-6H3,(H2,36,38)/t20-/m0/s1. The zero-order valence-electron chi connectivity index (χ0n) is 25.1. The largest absolute Gasteiger partial charge is 0.491 e. The highest BCUT2D eigenvalue weighted by Crippen LogP contribution is 2.39. The first-order valence-electron chi connectivity index (χ1n) is 13.7. The molecule has 11 heteroatoms. The Morgan fingerprint density at radius 1 is 1.00 bits per heavy atom. The first-order valence-corrected chi connectivity index (χ1v) is 18.0. The van der Waals surface area contributed by atoms with Crippen LogP contribution in [0.25, 0.3) is 22.6 Å². The van der Waals surface area contributed by atoms with E-state index in [1.165, 1.54) is 11.8 Å². The Balaban J connectivity index is 1.52. The molecule has 4 rings (SSSR count). The number of anilines is 1. The number of rotatable bonds is 10. The van der Waals surface area contributed by atoms with Crippen LogP contribution in [0.15, 0.2) is 64.2 Å². The molecule has 0 aliphatic carbocycles. The number of nitrogens with two attached hydrogens (primary N) is 1. The number of aromatic nitrogens is 2. The number of pyridine rings is 1. The lowest BCUT2D eigenvalue weighted by Gasteiger charge is -2.38. The number of halogens is 1. The quantitative estimate of drug-likeness (QED) is 0.135. The van der Waals surface area contributed by atoms with Crippen LogP contribution in [-0.2, 0) is 10.2 Å². The van der Waals surface area contributed by atoms with Crippen molar-refractivity contribution in [2.75, 3.05) is 12.3 Å². The highest BCUT2D eigenvalue weighted by atomic mass is 35.5. The average Bonchev–Trinajstić information content (AvgIpc) is 3.43. The Morgan fingerprint density at radius 3 is 2.23 bits per heavy atom. The monoisotopic (exact) mass is 631 g/mol. The van der Waals surface area contributed by atoms with E-state index in [2.05, 4.69) is 56.0 Å². The fraction of sp³-hybridized carbons (Fsp3) is 0.312. The second-order valence-electron chi connectivity index (χ2n) is 11.6. The van der Waals surface area contributed by atoms with E-state index in [0.29, 0.717) is 50.9 Å². The van der Waals surface area contributed by atoms with Crippen molar-refractivity contribution in [1.29, 1.82) is 10.5 Å². The van der Waals surface area contributed by atoms with Crippen LogP contribution in [0.3, 0.4) is 0 Å². The van der Waals surface area contributed by atoms with Gasteiger partial charge in [0.1, 0.15) is 47.2 Å². The van der Waals surface area contributed by atoms with Crippen LogP contribution in [-0.4, -0.2) is 31.0 Å². The maximum Gasteiger partial charge on any atom is 0.226 e. The Morgan fingerprint density at radius 2 is 1.63 bits per heavy atom. The predicted molar refractivity (Wildman–Crippen MR) is 173 cm³/mol. The number of benzene rings is 2. The molecular formula is C32H34ClN5O3SSi. The van der Waals surface area contributed by atoms with Crippen molar-refractivity contribution in [2.45, 2.75) is 62.7 Å². The van der Waals surface area contributed by atoms with Crippen LogP contribution in [0.2, 0.25) is 23.2 Å². The Hall–Kier alpha value is -3.80. The van der Waals surface area contributed by atoms with Crippen molar-refractivity contribution in [3.05, 3.63) is 76.6 Å². The molecule has 0 aliphatic heterocycles. The normalized spacial score (nSPS) is 12.4. The van der Waals surface area contributed by atoms with Gasteiger partial charge in [0.25, 0.3) is 0 Å². The van der Waals surface area contributed by atoms with Gasteiger partial charge in [0, 0.05) is 21.9 Å². The minimum Gasteiger partial charge on any atom is -0.491 e. The number of hydrogen-bond donors (Lipinski definition) is 1. The van der Waals surface area contributed by atoms with Gasteiger partial charge in [0.2, 0.25) is 5.89 Å². The van der Waals surface area contributed by atoms with Crippen molar-refractivity contribution in [3.8, 4) is 40.5 Å². The molecule has 8 nitrogen and oxygen atoms in total. The third-order valence-electron chi connectivity index (χ3n) is 7.34. The van der Waals surface area contributed by atoms with Crippen LogP contribution in [0, 0.1) is 22.7 Å². The van der Waals surface area contributed by atoms with Crippen molar-refractivity contribution in [3.63, 3.8) is 0 Å². The molecule has 0 saturated carbocycles. The summed E-state index contributed by atoms with van der Waals surface area (Å²) in [5.41, 5.74) is 9.18. The van der Waals surface area contributed by atoms with Crippen LogP contribution < -0.4 is 10.5 Å². The Labute approximate surface area is 262 Å². The van der Waals surface area contributed by atoms with Gasteiger partial charge < -0.3 is 19.3 Å². The Bertz CT molecular complexity index is 1670. The zero-order valence-corrected chi connectivity index (χ0v) is 27.6. The maximum absolute atomic E-state index is 10.2. The van der Waals surface area contributed by atoms with Gasteiger partial charge in [-0.15, -0.1) is 0 Å². The number of oxazole rings is 1. The lowest BCUT2D eigenvalue weighted by molar-refractivity contribution is 0.129.